The average Bonchev–Trinajstić information content (AvgIpc) is 2.52. The van der Waals surface area contributed by atoms with Crippen molar-refractivity contribution in [3.05, 3.63) is 35.9 Å². The molecule has 0 spiro atoms. The van der Waals surface area contributed by atoms with E-state index in [0.29, 0.717) is 12.8 Å². The Bertz CT molecular complexity index is 577. The van der Waals surface area contributed by atoms with Crippen LogP contribution in [0, 0.1) is 11.8 Å². The molecule has 1 amide bonds. The molecule has 0 radical (unpaired) electrons. The first-order chi connectivity index (χ1) is 12.0. The molecule has 0 saturated heterocycles. The van der Waals surface area contributed by atoms with Gasteiger partial charge in [-0.05, 0) is 51.0 Å². The molecule has 0 aromatic heterocycles. The summed E-state index contributed by atoms with van der Waals surface area (Å²) in [6, 6.07) is 8.94. The van der Waals surface area contributed by atoms with Crippen molar-refractivity contribution in [3.8, 4) is 0 Å². The fourth-order valence-corrected chi connectivity index (χ4v) is 2.67. The van der Waals surface area contributed by atoms with E-state index in [1.165, 1.54) is 0 Å². The van der Waals surface area contributed by atoms with Gasteiger partial charge in [0.15, 0.2) is 0 Å². The smallest absolute Gasteiger partial charge is 0.329 e. The molecule has 1 rings (SSSR count). The Hall–Kier alpha value is -1.88. The summed E-state index contributed by atoms with van der Waals surface area (Å²) in [5.74, 6) is -1.07. The molecule has 2 N–H and O–H groups in total. The standard InChI is InChI=1S/C21H33NO4/c1-14(2)12-17(20(25)26-21(4,5)6)22-19(24)18(23)15(3)13-16-10-8-7-9-11-16/h7-11,14-15,17-18,23H,12-13H2,1-6H3,(H,22,24)/t15-,17+,18+/m1/s1. The molecule has 26 heavy (non-hydrogen) atoms. The van der Waals surface area contributed by atoms with E-state index < -0.39 is 29.6 Å². The number of rotatable bonds is 8. The highest BCUT2D eigenvalue weighted by Crippen LogP contribution is 2.15. The minimum Gasteiger partial charge on any atom is -0.458 e. The lowest BCUT2D eigenvalue weighted by atomic mass is 9.95. The zero-order chi connectivity index (χ0) is 19.9. The minimum atomic E-state index is -1.19. The van der Waals surface area contributed by atoms with Crippen molar-refractivity contribution < 1.29 is 19.4 Å². The predicted octanol–water partition coefficient (Wildman–Crippen LogP) is 3.10. The van der Waals surface area contributed by atoms with Gasteiger partial charge in [0, 0.05) is 0 Å². The molecule has 0 bridgehead atoms. The Morgan fingerprint density at radius 2 is 1.69 bits per heavy atom. The van der Waals surface area contributed by atoms with Gasteiger partial charge in [-0.25, -0.2) is 4.79 Å². The van der Waals surface area contributed by atoms with Crippen molar-refractivity contribution in [3.63, 3.8) is 0 Å². The summed E-state index contributed by atoms with van der Waals surface area (Å²) in [5, 5.41) is 13.1. The van der Waals surface area contributed by atoms with Crippen molar-refractivity contribution >= 4 is 11.9 Å². The van der Waals surface area contributed by atoms with E-state index in [0.717, 1.165) is 5.56 Å². The van der Waals surface area contributed by atoms with Crippen LogP contribution in [-0.2, 0) is 20.7 Å². The maximum Gasteiger partial charge on any atom is 0.329 e. The normalized spacial score (nSPS) is 15.2. The number of benzene rings is 1. The number of carbonyl (C=O) groups is 2. The molecular formula is C21H33NO4. The van der Waals surface area contributed by atoms with Crippen LogP contribution in [0.4, 0.5) is 0 Å². The van der Waals surface area contributed by atoms with Gasteiger partial charge in [0.1, 0.15) is 17.7 Å². The Morgan fingerprint density at radius 1 is 1.12 bits per heavy atom. The van der Waals surface area contributed by atoms with Gasteiger partial charge < -0.3 is 15.2 Å². The van der Waals surface area contributed by atoms with Gasteiger partial charge in [-0.2, -0.15) is 0 Å². The van der Waals surface area contributed by atoms with Gasteiger partial charge in [-0.15, -0.1) is 0 Å². The lowest BCUT2D eigenvalue weighted by Crippen LogP contribution is -2.49. The largest absolute Gasteiger partial charge is 0.458 e. The maximum atomic E-state index is 12.5. The van der Waals surface area contributed by atoms with Crippen LogP contribution in [-0.4, -0.2) is 34.7 Å². The van der Waals surface area contributed by atoms with Crippen molar-refractivity contribution in [1.29, 1.82) is 0 Å². The SMILES string of the molecule is CC(C)C[C@H](NC(=O)[C@@H](O)[C@H](C)Cc1ccccc1)C(=O)OC(C)(C)C. The third-order valence-corrected chi connectivity index (χ3v) is 3.92. The van der Waals surface area contributed by atoms with Crippen molar-refractivity contribution in [2.24, 2.45) is 11.8 Å². The van der Waals surface area contributed by atoms with Crippen LogP contribution < -0.4 is 5.32 Å². The highest BCUT2D eigenvalue weighted by molar-refractivity contribution is 5.87. The van der Waals surface area contributed by atoms with Crippen LogP contribution in [0.3, 0.4) is 0 Å². The van der Waals surface area contributed by atoms with Crippen LogP contribution >= 0.6 is 0 Å². The highest BCUT2D eigenvalue weighted by atomic mass is 16.6. The average molecular weight is 363 g/mol. The monoisotopic (exact) mass is 363 g/mol. The molecule has 1 aromatic rings. The van der Waals surface area contributed by atoms with Gasteiger partial charge in [0.05, 0.1) is 0 Å². The Kier molecular flexibility index (Phi) is 8.28. The summed E-state index contributed by atoms with van der Waals surface area (Å²) < 4.78 is 5.40. The van der Waals surface area contributed by atoms with Gasteiger partial charge in [0.2, 0.25) is 5.91 Å². The molecule has 5 heteroatoms. The summed E-state index contributed by atoms with van der Waals surface area (Å²) in [7, 11) is 0. The van der Waals surface area contributed by atoms with E-state index in [2.05, 4.69) is 5.32 Å². The first-order valence-corrected chi connectivity index (χ1v) is 9.25. The molecule has 0 saturated carbocycles. The Labute approximate surface area is 157 Å². The van der Waals surface area contributed by atoms with E-state index in [4.69, 9.17) is 4.74 Å². The zero-order valence-corrected chi connectivity index (χ0v) is 16.8. The topological polar surface area (TPSA) is 75.6 Å². The molecule has 1 aromatic carbocycles. The Balaban J connectivity index is 2.73. The van der Waals surface area contributed by atoms with Crippen LogP contribution in [0.2, 0.25) is 0 Å². The number of esters is 1. The summed E-state index contributed by atoms with van der Waals surface area (Å²) in [5.41, 5.74) is 0.425. The van der Waals surface area contributed by atoms with Crippen molar-refractivity contribution in [2.45, 2.75) is 72.1 Å². The fraction of sp³-hybridized carbons (Fsp3) is 0.619. The van der Waals surface area contributed by atoms with E-state index in [9.17, 15) is 14.7 Å². The number of amides is 1. The van der Waals surface area contributed by atoms with E-state index in [-0.39, 0.29) is 11.8 Å². The van der Waals surface area contributed by atoms with Crippen LogP contribution in [0.25, 0.3) is 0 Å². The number of ether oxygens (including phenoxy) is 1. The molecule has 0 fully saturated rings. The summed E-state index contributed by atoms with van der Waals surface area (Å²) in [4.78, 5) is 24.9. The zero-order valence-electron chi connectivity index (χ0n) is 16.8. The van der Waals surface area contributed by atoms with Gasteiger partial charge >= 0.3 is 5.97 Å². The predicted molar refractivity (Wildman–Crippen MR) is 103 cm³/mol. The molecule has 0 aliphatic carbocycles. The number of nitrogens with one attached hydrogen (secondary N) is 1. The number of carbonyl (C=O) groups excluding carboxylic acids is 2. The lowest BCUT2D eigenvalue weighted by Gasteiger charge is -2.27. The lowest BCUT2D eigenvalue weighted by molar-refractivity contribution is -0.160. The second kappa shape index (κ2) is 9.72. The number of hydrogen-bond acceptors (Lipinski definition) is 4. The molecule has 5 nitrogen and oxygen atoms in total. The molecule has 0 aliphatic heterocycles. The van der Waals surface area contributed by atoms with Crippen LogP contribution in [0.15, 0.2) is 30.3 Å². The van der Waals surface area contributed by atoms with Crippen molar-refractivity contribution in [2.75, 3.05) is 0 Å². The second-order valence-corrected chi connectivity index (χ2v) is 8.34. The third kappa shape index (κ3) is 8.00. The quantitative estimate of drug-likeness (QED) is 0.696. The number of aliphatic hydroxyl groups is 1. The van der Waals surface area contributed by atoms with Gasteiger partial charge in [-0.1, -0.05) is 51.1 Å². The van der Waals surface area contributed by atoms with E-state index in [1.807, 2.05) is 51.1 Å². The summed E-state index contributed by atoms with van der Waals surface area (Å²) in [6.07, 6.45) is -0.149. The molecule has 146 valence electrons. The van der Waals surface area contributed by atoms with E-state index in [1.54, 1.807) is 20.8 Å². The number of aliphatic hydroxyl groups excluding tert-OH is 1. The summed E-state index contributed by atoms with van der Waals surface area (Å²) >= 11 is 0. The number of hydrogen-bond donors (Lipinski definition) is 2. The van der Waals surface area contributed by atoms with Gasteiger partial charge in [-0.3, -0.25) is 4.79 Å². The molecule has 0 heterocycles. The van der Waals surface area contributed by atoms with Gasteiger partial charge in [0.25, 0.3) is 0 Å². The second-order valence-electron chi connectivity index (χ2n) is 8.34. The molecular weight excluding hydrogens is 330 g/mol. The summed E-state index contributed by atoms with van der Waals surface area (Å²) in [6.45, 7) is 11.1. The van der Waals surface area contributed by atoms with Crippen molar-refractivity contribution in [1.82, 2.24) is 5.32 Å². The van der Waals surface area contributed by atoms with Crippen LogP contribution in [0.5, 0.6) is 0 Å². The third-order valence-electron chi connectivity index (χ3n) is 3.92. The first kappa shape index (κ1) is 22.2. The minimum absolute atomic E-state index is 0.201. The highest BCUT2D eigenvalue weighted by Gasteiger charge is 2.31. The molecule has 3 atom stereocenters. The molecule has 0 unspecified atom stereocenters. The van der Waals surface area contributed by atoms with E-state index >= 15 is 0 Å². The molecule has 0 aliphatic rings. The van der Waals surface area contributed by atoms with Crippen LogP contribution in [0.1, 0.15) is 53.5 Å². The Morgan fingerprint density at radius 3 is 2.19 bits per heavy atom. The fourth-order valence-electron chi connectivity index (χ4n) is 2.67. The maximum absolute atomic E-state index is 12.5. The first-order valence-electron chi connectivity index (χ1n) is 9.25.